The van der Waals surface area contributed by atoms with Crippen molar-refractivity contribution in [3.05, 3.63) is 39.6 Å². The Morgan fingerprint density at radius 2 is 1.89 bits per heavy atom. The van der Waals surface area contributed by atoms with Gasteiger partial charge in [0.2, 0.25) is 0 Å². The zero-order valence-electron chi connectivity index (χ0n) is 26.4. The molecule has 18 heteroatoms. The van der Waals surface area contributed by atoms with Crippen molar-refractivity contribution >= 4 is 50.8 Å². The second-order valence-electron chi connectivity index (χ2n) is 11.6. The molecule has 0 radical (unpaired) electrons. The van der Waals surface area contributed by atoms with Crippen LogP contribution in [0.1, 0.15) is 49.2 Å². The van der Waals surface area contributed by atoms with Gasteiger partial charge in [-0.3, -0.25) is 14.6 Å². The Hall–Kier alpha value is -2.60. The number of sulfonamides is 1. The highest BCUT2D eigenvalue weighted by Gasteiger charge is 2.39. The van der Waals surface area contributed by atoms with Gasteiger partial charge in [0.25, 0.3) is 15.9 Å². The van der Waals surface area contributed by atoms with Crippen LogP contribution in [0.3, 0.4) is 0 Å². The number of aliphatic hydroxyl groups excluding tert-OH is 1. The lowest BCUT2D eigenvalue weighted by molar-refractivity contribution is 0.0608. The van der Waals surface area contributed by atoms with Crippen molar-refractivity contribution in [1.29, 1.82) is 0 Å². The molecule has 1 atom stereocenters. The number of piperazine rings is 1. The summed E-state index contributed by atoms with van der Waals surface area (Å²) in [5, 5.41) is 8.12. The van der Waals surface area contributed by atoms with Gasteiger partial charge in [0, 0.05) is 68.9 Å². The molecule has 47 heavy (non-hydrogen) atoms. The predicted molar refractivity (Wildman–Crippen MR) is 177 cm³/mol. The first-order valence-electron chi connectivity index (χ1n) is 15.5. The third-order valence-electron chi connectivity index (χ3n) is 8.35. The number of aromatic nitrogens is 2. The fourth-order valence-corrected chi connectivity index (χ4v) is 6.87. The van der Waals surface area contributed by atoms with Crippen molar-refractivity contribution < 1.29 is 31.8 Å². The molecular weight excluding hydrogens is 681 g/mol. The number of nitrogens with zero attached hydrogens (tertiary/aromatic N) is 5. The molecule has 5 N–H and O–H groups in total. The number of nitrogens with one attached hydrogen (secondary N) is 2. The van der Waals surface area contributed by atoms with Crippen molar-refractivity contribution in [2.75, 3.05) is 69.7 Å². The molecular formula is C29H42Cl2F2N8O5S. The van der Waals surface area contributed by atoms with E-state index in [0.29, 0.717) is 49.2 Å². The fraction of sp³-hybridized carbons (Fsp3) is 0.621. The van der Waals surface area contributed by atoms with Gasteiger partial charge in [-0.1, -0.05) is 36.2 Å². The first kappa shape index (κ1) is 37.2. The normalized spacial score (nSPS) is 18.8. The van der Waals surface area contributed by atoms with Gasteiger partial charge in [0.15, 0.2) is 22.5 Å². The number of nitrogens with two attached hydrogens (primary N) is 1. The van der Waals surface area contributed by atoms with Crippen LogP contribution in [0.15, 0.2) is 18.2 Å². The number of carbonyl (C=O) groups excluding carboxylic acids is 1. The maximum absolute atomic E-state index is 13.2. The second kappa shape index (κ2) is 16.2. The number of benzene rings is 1. The number of aliphatic hydroxyl groups is 1. The van der Waals surface area contributed by atoms with Crippen LogP contribution in [-0.2, 0) is 16.6 Å². The van der Waals surface area contributed by atoms with E-state index in [2.05, 4.69) is 36.9 Å². The van der Waals surface area contributed by atoms with Crippen molar-refractivity contribution in [1.82, 2.24) is 29.8 Å². The number of nitrogen functional groups attached to an aromatic ring is 1. The van der Waals surface area contributed by atoms with E-state index in [4.69, 9.17) is 38.8 Å². The lowest BCUT2D eigenvalue weighted by Crippen LogP contribution is -2.58. The molecule has 2 aliphatic heterocycles. The van der Waals surface area contributed by atoms with E-state index in [1.54, 1.807) is 12.1 Å². The summed E-state index contributed by atoms with van der Waals surface area (Å²) in [4.78, 5) is 27.9. The Labute approximate surface area is 283 Å². The van der Waals surface area contributed by atoms with Gasteiger partial charge in [-0.05, 0) is 44.5 Å². The first-order valence-corrected chi connectivity index (χ1v) is 17.7. The van der Waals surface area contributed by atoms with E-state index in [-0.39, 0.29) is 49.0 Å². The molecule has 2 aliphatic rings. The number of likely N-dealkylation sites (tertiary alicyclic amines) is 1. The van der Waals surface area contributed by atoms with Gasteiger partial charge in [-0.15, -0.1) is 0 Å². The highest BCUT2D eigenvalue weighted by atomic mass is 35.5. The van der Waals surface area contributed by atoms with Gasteiger partial charge in [-0.2, -0.15) is 8.78 Å². The molecule has 0 saturated carbocycles. The van der Waals surface area contributed by atoms with Gasteiger partial charge in [-0.25, -0.2) is 23.1 Å². The average Bonchev–Trinajstić information content (AvgIpc) is 3.03. The fourth-order valence-electron chi connectivity index (χ4n) is 5.85. The number of alkyl halides is 2. The number of carbonyl (C=O) groups is 1. The van der Waals surface area contributed by atoms with Crippen LogP contribution in [0, 0.1) is 0 Å². The number of hydrogen-bond acceptors (Lipinski definition) is 11. The highest BCUT2D eigenvalue weighted by molar-refractivity contribution is 7.90. The molecule has 0 aliphatic carbocycles. The lowest BCUT2D eigenvalue weighted by Gasteiger charge is -2.47. The maximum Gasteiger partial charge on any atom is 0.356 e. The Kier molecular flexibility index (Phi) is 12.8. The van der Waals surface area contributed by atoms with E-state index in [0.717, 1.165) is 44.5 Å². The zero-order chi connectivity index (χ0) is 34.4. The summed E-state index contributed by atoms with van der Waals surface area (Å²) in [5.41, 5.74) is 6.86. The van der Waals surface area contributed by atoms with Crippen LogP contribution in [0.5, 0.6) is 5.75 Å². The van der Waals surface area contributed by atoms with Gasteiger partial charge in [0.05, 0.1) is 6.61 Å². The van der Waals surface area contributed by atoms with Crippen LogP contribution in [0.4, 0.5) is 20.4 Å². The summed E-state index contributed by atoms with van der Waals surface area (Å²) in [7, 11) is -4.78. The summed E-state index contributed by atoms with van der Waals surface area (Å²) < 4.78 is 57.3. The molecule has 0 unspecified atom stereocenters. The number of hydrogen-bond donors (Lipinski definition) is 4. The van der Waals surface area contributed by atoms with E-state index < -0.39 is 21.2 Å². The number of amides is 1. The minimum absolute atomic E-state index is 0.0253. The molecule has 3 heterocycles. The molecule has 1 amide bonds. The quantitative estimate of drug-likeness (QED) is 0.212. The van der Waals surface area contributed by atoms with Crippen LogP contribution in [0.25, 0.3) is 0 Å². The molecule has 2 fully saturated rings. The van der Waals surface area contributed by atoms with E-state index in [9.17, 15) is 22.0 Å². The van der Waals surface area contributed by atoms with Crippen molar-refractivity contribution in [3.8, 4) is 5.75 Å². The summed E-state index contributed by atoms with van der Waals surface area (Å²) in [6.45, 7) is 6.30. The van der Waals surface area contributed by atoms with Crippen molar-refractivity contribution in [2.24, 2.45) is 0 Å². The van der Waals surface area contributed by atoms with Crippen LogP contribution in [0.2, 0.25) is 10.2 Å². The standard InChI is InChI=1S/C29H42Cl2F2N8O5S/c1-3-21-18-40(27-25(31)37-24(26(34)38-27)28(43)35-8-14-42)12-13-41(21)22-6-10-39(11-7-22)17-19-4-5-20(30)16-23(19)46-15-9-36-47(44,45)29(2,32)33/h4-5,16,21-22,36,42H,3,6-15,17-18H2,1-2H3,(H2,34,38)(H,35,43)/t21-/m0/s1. The van der Waals surface area contributed by atoms with Gasteiger partial charge in [0.1, 0.15) is 12.4 Å². The summed E-state index contributed by atoms with van der Waals surface area (Å²) >= 11 is 12.7. The maximum atomic E-state index is 13.2. The summed E-state index contributed by atoms with van der Waals surface area (Å²) in [5.74, 6) is 0.345. The highest BCUT2D eigenvalue weighted by Crippen LogP contribution is 2.31. The molecule has 1 aromatic carbocycles. The second-order valence-corrected chi connectivity index (χ2v) is 14.4. The lowest BCUT2D eigenvalue weighted by atomic mass is 9.97. The van der Waals surface area contributed by atoms with Crippen molar-refractivity contribution in [3.63, 3.8) is 0 Å². The third kappa shape index (κ3) is 9.52. The number of rotatable bonds is 14. The molecule has 13 nitrogen and oxygen atoms in total. The Morgan fingerprint density at radius 1 is 1.17 bits per heavy atom. The van der Waals surface area contributed by atoms with Gasteiger partial charge >= 0.3 is 5.25 Å². The van der Waals surface area contributed by atoms with E-state index >= 15 is 0 Å². The minimum atomic E-state index is -4.78. The summed E-state index contributed by atoms with van der Waals surface area (Å²) in [6.07, 6.45) is 2.83. The number of ether oxygens (including phenoxy) is 1. The third-order valence-corrected chi connectivity index (χ3v) is 10.4. The Balaban J connectivity index is 1.31. The van der Waals surface area contributed by atoms with Crippen molar-refractivity contribution in [2.45, 2.75) is 57.0 Å². The molecule has 1 aromatic heterocycles. The Bertz CT molecular complexity index is 1500. The molecule has 262 valence electrons. The zero-order valence-corrected chi connectivity index (χ0v) is 28.7. The topological polar surface area (TPSA) is 166 Å². The van der Waals surface area contributed by atoms with E-state index in [1.807, 2.05) is 10.8 Å². The van der Waals surface area contributed by atoms with Crippen LogP contribution < -0.4 is 25.4 Å². The smallest absolute Gasteiger partial charge is 0.356 e. The first-order chi connectivity index (χ1) is 22.2. The molecule has 2 aromatic rings. The minimum Gasteiger partial charge on any atom is -0.492 e. The van der Waals surface area contributed by atoms with Crippen LogP contribution in [-0.4, -0.2) is 116 Å². The number of piperidine rings is 1. The molecule has 4 rings (SSSR count). The monoisotopic (exact) mass is 722 g/mol. The largest absolute Gasteiger partial charge is 0.492 e. The average molecular weight is 724 g/mol. The van der Waals surface area contributed by atoms with Crippen LogP contribution >= 0.6 is 23.2 Å². The SMILES string of the molecule is CC[C@H]1CN(c2nc(N)c(C(=O)NCCO)nc2Cl)CCN1C1CCN(Cc2ccc(Cl)cc2OCCNS(=O)(=O)C(C)(F)F)CC1. The summed E-state index contributed by atoms with van der Waals surface area (Å²) in [6, 6.07) is 5.88. The number of halogens is 4. The number of anilines is 2. The van der Waals surface area contributed by atoms with E-state index in [1.165, 1.54) is 0 Å². The molecule has 2 saturated heterocycles. The van der Waals surface area contributed by atoms with Gasteiger partial charge < -0.3 is 25.8 Å². The Morgan fingerprint density at radius 3 is 2.55 bits per heavy atom. The molecule has 0 bridgehead atoms. The molecule has 0 spiro atoms. The predicted octanol–water partition coefficient (Wildman–Crippen LogP) is 2.56.